The molecule has 4 heteroatoms. The Balaban J connectivity index is 1.64. The number of rotatable bonds is 3. The lowest BCUT2D eigenvalue weighted by Crippen LogP contribution is -2.30. The number of aromatic nitrogens is 2. The molecule has 1 saturated carbocycles. The molecule has 94 valence electrons. The Labute approximate surface area is 103 Å². The van der Waals surface area contributed by atoms with Gasteiger partial charge >= 0.3 is 0 Å². The highest BCUT2D eigenvalue weighted by molar-refractivity contribution is 5.03. The summed E-state index contributed by atoms with van der Waals surface area (Å²) in [6.07, 6.45) is 4.47. The Kier molecular flexibility index (Phi) is 2.92. The topological polar surface area (TPSA) is 47.1 Å². The first kappa shape index (κ1) is 11.2. The van der Waals surface area contributed by atoms with Gasteiger partial charge in [0.15, 0.2) is 0 Å². The quantitative estimate of drug-likeness (QED) is 0.851. The molecule has 2 aliphatic rings. The molecule has 0 aromatic carbocycles. The summed E-state index contributed by atoms with van der Waals surface area (Å²) >= 11 is 0. The summed E-state index contributed by atoms with van der Waals surface area (Å²) in [6, 6.07) is 2.58. The predicted octanol–water partition coefficient (Wildman–Crippen LogP) is 1.07. The van der Waals surface area contributed by atoms with E-state index in [9.17, 15) is 0 Å². The van der Waals surface area contributed by atoms with Crippen molar-refractivity contribution in [1.29, 1.82) is 0 Å². The number of nitrogens with two attached hydrogens (primary N) is 1. The standard InChI is InChI=1S/C13H22N4/c1-2-17-11(5-6-15-17)8-16-7-10-3-4-13(14)12(10)9-16/h5-6,10,12-13H,2-4,7-9,14H2,1H3. The molecule has 1 aromatic rings. The van der Waals surface area contributed by atoms with Gasteiger partial charge in [-0.15, -0.1) is 0 Å². The summed E-state index contributed by atoms with van der Waals surface area (Å²) in [5.74, 6) is 1.59. The molecule has 0 amide bonds. The van der Waals surface area contributed by atoms with Gasteiger partial charge in [0.2, 0.25) is 0 Å². The Morgan fingerprint density at radius 2 is 2.29 bits per heavy atom. The molecule has 2 fully saturated rings. The molecule has 0 radical (unpaired) electrons. The van der Waals surface area contributed by atoms with E-state index in [2.05, 4.69) is 27.7 Å². The Bertz CT molecular complexity index is 387. The molecule has 1 aromatic heterocycles. The Morgan fingerprint density at radius 3 is 3.06 bits per heavy atom. The highest BCUT2D eigenvalue weighted by atomic mass is 15.3. The van der Waals surface area contributed by atoms with Crippen molar-refractivity contribution in [1.82, 2.24) is 14.7 Å². The van der Waals surface area contributed by atoms with Crippen LogP contribution in [0.3, 0.4) is 0 Å². The van der Waals surface area contributed by atoms with Crippen molar-refractivity contribution in [2.24, 2.45) is 17.6 Å². The van der Waals surface area contributed by atoms with Crippen molar-refractivity contribution in [2.75, 3.05) is 13.1 Å². The van der Waals surface area contributed by atoms with Gasteiger partial charge in [-0.25, -0.2) is 0 Å². The third-order valence-corrected chi connectivity index (χ3v) is 4.48. The van der Waals surface area contributed by atoms with E-state index >= 15 is 0 Å². The monoisotopic (exact) mass is 234 g/mol. The maximum absolute atomic E-state index is 6.17. The third-order valence-electron chi connectivity index (χ3n) is 4.48. The van der Waals surface area contributed by atoms with Crippen LogP contribution in [0.15, 0.2) is 12.3 Å². The fourth-order valence-electron chi connectivity index (χ4n) is 3.54. The van der Waals surface area contributed by atoms with Crippen molar-refractivity contribution in [3.63, 3.8) is 0 Å². The van der Waals surface area contributed by atoms with Crippen LogP contribution < -0.4 is 5.73 Å². The van der Waals surface area contributed by atoms with Crippen LogP contribution in [0.2, 0.25) is 0 Å². The molecule has 2 heterocycles. The zero-order chi connectivity index (χ0) is 11.8. The fraction of sp³-hybridized carbons (Fsp3) is 0.769. The second-order valence-electron chi connectivity index (χ2n) is 5.50. The largest absolute Gasteiger partial charge is 0.327 e. The van der Waals surface area contributed by atoms with E-state index < -0.39 is 0 Å². The van der Waals surface area contributed by atoms with Gasteiger partial charge in [0.25, 0.3) is 0 Å². The van der Waals surface area contributed by atoms with Gasteiger partial charge in [0.05, 0.1) is 5.69 Å². The van der Waals surface area contributed by atoms with Crippen LogP contribution in [0.1, 0.15) is 25.5 Å². The van der Waals surface area contributed by atoms with Crippen LogP contribution in [0, 0.1) is 11.8 Å². The minimum atomic E-state index is 0.445. The first-order valence-corrected chi connectivity index (χ1v) is 6.76. The number of fused-ring (bicyclic) bond motifs is 1. The van der Waals surface area contributed by atoms with E-state index in [0.717, 1.165) is 24.9 Å². The third kappa shape index (κ3) is 2.00. The van der Waals surface area contributed by atoms with Gasteiger partial charge in [-0.1, -0.05) is 0 Å². The first-order chi connectivity index (χ1) is 8.28. The minimum Gasteiger partial charge on any atom is -0.327 e. The lowest BCUT2D eigenvalue weighted by Gasteiger charge is -2.18. The molecule has 4 nitrogen and oxygen atoms in total. The van der Waals surface area contributed by atoms with Crippen molar-refractivity contribution in [3.05, 3.63) is 18.0 Å². The van der Waals surface area contributed by atoms with Crippen molar-refractivity contribution < 1.29 is 0 Å². The summed E-state index contributed by atoms with van der Waals surface area (Å²) in [7, 11) is 0. The fourth-order valence-corrected chi connectivity index (χ4v) is 3.54. The van der Waals surface area contributed by atoms with Crippen LogP contribution in [-0.2, 0) is 13.1 Å². The number of hydrogen-bond donors (Lipinski definition) is 1. The molecular formula is C13H22N4. The number of nitrogens with zero attached hydrogens (tertiary/aromatic N) is 3. The van der Waals surface area contributed by atoms with Gasteiger partial charge < -0.3 is 5.73 Å². The molecule has 1 saturated heterocycles. The number of hydrogen-bond acceptors (Lipinski definition) is 3. The lowest BCUT2D eigenvalue weighted by molar-refractivity contribution is 0.288. The van der Waals surface area contributed by atoms with Gasteiger partial charge in [0.1, 0.15) is 0 Å². The maximum atomic E-state index is 6.17. The zero-order valence-electron chi connectivity index (χ0n) is 10.5. The van der Waals surface area contributed by atoms with Gasteiger partial charge in [-0.2, -0.15) is 5.10 Å². The average molecular weight is 234 g/mol. The van der Waals surface area contributed by atoms with Crippen molar-refractivity contribution in [2.45, 2.75) is 38.9 Å². The van der Waals surface area contributed by atoms with Crippen LogP contribution in [0.25, 0.3) is 0 Å². The summed E-state index contributed by atoms with van der Waals surface area (Å²) in [6.45, 7) is 6.55. The summed E-state index contributed by atoms with van der Waals surface area (Å²) in [5.41, 5.74) is 7.50. The van der Waals surface area contributed by atoms with E-state index in [4.69, 9.17) is 5.73 Å². The number of likely N-dealkylation sites (tertiary alicyclic amines) is 1. The lowest BCUT2D eigenvalue weighted by atomic mass is 9.98. The molecule has 3 atom stereocenters. The number of aryl methyl sites for hydroxylation is 1. The minimum absolute atomic E-state index is 0.445. The molecule has 0 bridgehead atoms. The normalized spacial score (nSPS) is 33.2. The smallest absolute Gasteiger partial charge is 0.0524 e. The molecule has 1 aliphatic heterocycles. The van der Waals surface area contributed by atoms with Crippen molar-refractivity contribution >= 4 is 0 Å². The summed E-state index contributed by atoms with van der Waals surface area (Å²) in [4.78, 5) is 2.55. The molecule has 3 unspecified atom stereocenters. The predicted molar refractivity (Wildman–Crippen MR) is 67.4 cm³/mol. The van der Waals surface area contributed by atoms with Gasteiger partial charge in [-0.05, 0) is 37.7 Å². The Morgan fingerprint density at radius 1 is 1.41 bits per heavy atom. The average Bonchev–Trinajstić information content (AvgIpc) is 2.98. The molecule has 2 N–H and O–H groups in total. The molecule has 0 spiro atoms. The van der Waals surface area contributed by atoms with Crippen LogP contribution in [0.4, 0.5) is 0 Å². The van der Waals surface area contributed by atoms with Crippen molar-refractivity contribution in [3.8, 4) is 0 Å². The zero-order valence-corrected chi connectivity index (χ0v) is 10.5. The molecule has 1 aliphatic carbocycles. The summed E-state index contributed by atoms with van der Waals surface area (Å²) in [5, 5.41) is 4.33. The Hall–Kier alpha value is -0.870. The van der Waals surface area contributed by atoms with E-state index in [-0.39, 0.29) is 0 Å². The highest BCUT2D eigenvalue weighted by Crippen LogP contribution is 2.37. The highest BCUT2D eigenvalue weighted by Gasteiger charge is 2.40. The SMILES string of the molecule is CCn1nccc1CN1CC2CCC(N)C2C1. The first-order valence-electron chi connectivity index (χ1n) is 6.76. The van der Waals surface area contributed by atoms with Crippen LogP contribution >= 0.6 is 0 Å². The van der Waals surface area contributed by atoms with E-state index in [1.807, 2.05) is 6.20 Å². The molecular weight excluding hydrogens is 212 g/mol. The summed E-state index contributed by atoms with van der Waals surface area (Å²) < 4.78 is 2.09. The van der Waals surface area contributed by atoms with E-state index in [0.29, 0.717) is 6.04 Å². The maximum Gasteiger partial charge on any atom is 0.0524 e. The van der Waals surface area contributed by atoms with Crippen LogP contribution in [-0.4, -0.2) is 33.8 Å². The second-order valence-corrected chi connectivity index (χ2v) is 5.50. The van der Waals surface area contributed by atoms with Gasteiger partial charge in [0, 0.05) is 38.4 Å². The van der Waals surface area contributed by atoms with E-state index in [1.165, 1.54) is 31.6 Å². The van der Waals surface area contributed by atoms with Crippen LogP contribution in [0.5, 0.6) is 0 Å². The molecule has 17 heavy (non-hydrogen) atoms. The second kappa shape index (κ2) is 4.42. The van der Waals surface area contributed by atoms with Gasteiger partial charge in [-0.3, -0.25) is 9.58 Å². The molecule has 3 rings (SSSR count). The van der Waals surface area contributed by atoms with E-state index in [1.54, 1.807) is 0 Å².